The molecule has 0 radical (unpaired) electrons. The summed E-state index contributed by atoms with van der Waals surface area (Å²) in [6, 6.07) is 16.5. The van der Waals surface area contributed by atoms with Crippen molar-refractivity contribution in [3.05, 3.63) is 64.7 Å². The lowest BCUT2D eigenvalue weighted by Gasteiger charge is -2.04. The van der Waals surface area contributed by atoms with Crippen LogP contribution in [0, 0.1) is 18.3 Å². The minimum Gasteiger partial charge on any atom is -0.360 e. The summed E-state index contributed by atoms with van der Waals surface area (Å²) < 4.78 is 0. The molecule has 1 aromatic heterocycles. The van der Waals surface area contributed by atoms with Crippen LogP contribution in [0.3, 0.4) is 0 Å². The maximum absolute atomic E-state index is 9.25. The summed E-state index contributed by atoms with van der Waals surface area (Å²) in [4.78, 5) is 4.33. The maximum atomic E-state index is 9.25. The Kier molecular flexibility index (Phi) is 3.67. The Hall–Kier alpha value is -2.64. The second-order valence-electron chi connectivity index (χ2n) is 4.67. The number of nitrogens with one attached hydrogen (secondary N) is 1. The van der Waals surface area contributed by atoms with E-state index in [1.165, 1.54) is 22.1 Å². The number of rotatable bonds is 3. The van der Waals surface area contributed by atoms with Crippen LogP contribution in [0.1, 0.15) is 10.7 Å². The second-order valence-corrected chi connectivity index (χ2v) is 5.53. The number of thiazole rings is 1. The normalized spacial score (nSPS) is 11.3. The standard InChI is InChI=1S/C17H13N3S/c1-12-11-21-17(20-12)15(9-18)10-19-16-7-6-13-4-2-3-5-14(13)8-16/h2-8,10-11,19H,1H3/b15-10+. The first-order valence-corrected chi connectivity index (χ1v) is 7.42. The van der Waals surface area contributed by atoms with Crippen LogP contribution < -0.4 is 5.32 Å². The van der Waals surface area contributed by atoms with Crippen molar-refractivity contribution in [2.45, 2.75) is 6.92 Å². The molecule has 0 aliphatic carbocycles. The van der Waals surface area contributed by atoms with Crippen LogP contribution >= 0.6 is 11.3 Å². The van der Waals surface area contributed by atoms with E-state index in [1.54, 1.807) is 6.20 Å². The Bertz CT molecular complexity index is 856. The zero-order chi connectivity index (χ0) is 14.7. The topological polar surface area (TPSA) is 48.7 Å². The zero-order valence-electron chi connectivity index (χ0n) is 11.5. The molecule has 4 heteroatoms. The van der Waals surface area contributed by atoms with Crippen molar-refractivity contribution in [2.24, 2.45) is 0 Å². The number of aryl methyl sites for hydroxylation is 1. The van der Waals surface area contributed by atoms with Crippen LogP contribution in [0.15, 0.2) is 54.0 Å². The maximum Gasteiger partial charge on any atom is 0.135 e. The van der Waals surface area contributed by atoms with E-state index in [4.69, 9.17) is 0 Å². The first kappa shape index (κ1) is 13.3. The van der Waals surface area contributed by atoms with Crippen LogP contribution in [0.5, 0.6) is 0 Å². The minimum absolute atomic E-state index is 0.543. The Morgan fingerprint density at radius 1 is 1.24 bits per heavy atom. The van der Waals surface area contributed by atoms with E-state index < -0.39 is 0 Å². The van der Waals surface area contributed by atoms with Crippen LogP contribution in [0.25, 0.3) is 16.3 Å². The molecule has 0 amide bonds. The summed E-state index contributed by atoms with van der Waals surface area (Å²) in [6.07, 6.45) is 1.71. The lowest BCUT2D eigenvalue weighted by molar-refractivity contribution is 1.24. The van der Waals surface area contributed by atoms with E-state index in [2.05, 4.69) is 40.6 Å². The molecule has 0 saturated heterocycles. The molecule has 0 atom stereocenters. The number of nitriles is 1. The molecule has 0 spiro atoms. The van der Waals surface area contributed by atoms with E-state index >= 15 is 0 Å². The van der Waals surface area contributed by atoms with Crippen molar-refractivity contribution in [2.75, 3.05) is 5.32 Å². The fraction of sp³-hybridized carbons (Fsp3) is 0.0588. The summed E-state index contributed by atoms with van der Waals surface area (Å²) in [5, 5.41) is 17.5. The number of benzene rings is 2. The Balaban J connectivity index is 1.87. The summed E-state index contributed by atoms with van der Waals surface area (Å²) in [7, 11) is 0. The van der Waals surface area contributed by atoms with Gasteiger partial charge in [0.15, 0.2) is 0 Å². The number of hydrogen-bond donors (Lipinski definition) is 1. The van der Waals surface area contributed by atoms with E-state index in [1.807, 2.05) is 30.5 Å². The van der Waals surface area contributed by atoms with Gasteiger partial charge in [-0.3, -0.25) is 0 Å². The van der Waals surface area contributed by atoms with E-state index in [0.29, 0.717) is 5.57 Å². The summed E-state index contributed by atoms with van der Waals surface area (Å²) >= 11 is 1.48. The quantitative estimate of drug-likeness (QED) is 0.718. The molecule has 3 rings (SSSR count). The highest BCUT2D eigenvalue weighted by molar-refractivity contribution is 7.10. The van der Waals surface area contributed by atoms with Gasteiger partial charge in [0.25, 0.3) is 0 Å². The number of aromatic nitrogens is 1. The van der Waals surface area contributed by atoms with Crippen molar-refractivity contribution in [3.8, 4) is 6.07 Å². The van der Waals surface area contributed by atoms with Crippen LogP contribution in [-0.2, 0) is 0 Å². The Labute approximate surface area is 127 Å². The molecule has 0 aliphatic heterocycles. The van der Waals surface area contributed by atoms with Crippen molar-refractivity contribution in [3.63, 3.8) is 0 Å². The molecule has 0 unspecified atom stereocenters. The summed E-state index contributed by atoms with van der Waals surface area (Å²) in [5.41, 5.74) is 2.43. The summed E-state index contributed by atoms with van der Waals surface area (Å²) in [6.45, 7) is 1.92. The second kappa shape index (κ2) is 5.78. The fourth-order valence-electron chi connectivity index (χ4n) is 2.05. The highest BCUT2D eigenvalue weighted by Crippen LogP contribution is 2.21. The molecule has 0 bridgehead atoms. The van der Waals surface area contributed by atoms with Gasteiger partial charge >= 0.3 is 0 Å². The highest BCUT2D eigenvalue weighted by Gasteiger charge is 2.05. The van der Waals surface area contributed by atoms with E-state index in [0.717, 1.165) is 16.4 Å². The van der Waals surface area contributed by atoms with Crippen LogP contribution in [0.2, 0.25) is 0 Å². The molecule has 1 heterocycles. The molecule has 0 saturated carbocycles. The predicted octanol–water partition coefficient (Wildman–Crippen LogP) is 4.58. The van der Waals surface area contributed by atoms with Crippen molar-refractivity contribution < 1.29 is 0 Å². The molecule has 0 aliphatic rings. The first-order chi connectivity index (χ1) is 10.3. The van der Waals surface area contributed by atoms with Gasteiger partial charge in [0.05, 0.1) is 0 Å². The van der Waals surface area contributed by atoms with Gasteiger partial charge in [0, 0.05) is 23.0 Å². The third-order valence-electron chi connectivity index (χ3n) is 3.10. The van der Waals surface area contributed by atoms with Gasteiger partial charge < -0.3 is 5.32 Å². The van der Waals surface area contributed by atoms with Gasteiger partial charge in [-0.1, -0.05) is 30.3 Å². The minimum atomic E-state index is 0.543. The number of hydrogen-bond acceptors (Lipinski definition) is 4. The Morgan fingerprint density at radius 2 is 2.05 bits per heavy atom. The average molecular weight is 291 g/mol. The largest absolute Gasteiger partial charge is 0.360 e. The number of anilines is 1. The number of allylic oxidation sites excluding steroid dienone is 1. The van der Waals surface area contributed by atoms with Gasteiger partial charge in [-0.2, -0.15) is 5.26 Å². The van der Waals surface area contributed by atoms with Crippen LogP contribution in [-0.4, -0.2) is 4.98 Å². The van der Waals surface area contributed by atoms with Gasteiger partial charge in [-0.05, 0) is 29.8 Å². The Morgan fingerprint density at radius 3 is 2.76 bits per heavy atom. The highest BCUT2D eigenvalue weighted by atomic mass is 32.1. The van der Waals surface area contributed by atoms with Gasteiger partial charge in [-0.25, -0.2) is 4.98 Å². The molecule has 1 N–H and O–H groups in total. The van der Waals surface area contributed by atoms with Gasteiger partial charge in [0.2, 0.25) is 0 Å². The molecule has 102 valence electrons. The van der Waals surface area contributed by atoms with Crippen molar-refractivity contribution in [1.82, 2.24) is 4.98 Å². The molecular formula is C17H13N3S. The van der Waals surface area contributed by atoms with E-state index in [-0.39, 0.29) is 0 Å². The monoisotopic (exact) mass is 291 g/mol. The van der Waals surface area contributed by atoms with E-state index in [9.17, 15) is 5.26 Å². The summed E-state index contributed by atoms with van der Waals surface area (Å²) in [5.74, 6) is 0. The average Bonchev–Trinajstić information content (AvgIpc) is 2.94. The van der Waals surface area contributed by atoms with Gasteiger partial charge in [-0.15, -0.1) is 11.3 Å². The van der Waals surface area contributed by atoms with Crippen molar-refractivity contribution in [1.29, 1.82) is 5.26 Å². The smallest absolute Gasteiger partial charge is 0.135 e. The number of nitrogens with zero attached hydrogens (tertiary/aromatic N) is 2. The predicted molar refractivity (Wildman–Crippen MR) is 88.0 cm³/mol. The SMILES string of the molecule is Cc1csc(/C(C#N)=C/Nc2ccc3ccccc3c2)n1. The zero-order valence-corrected chi connectivity index (χ0v) is 12.3. The molecule has 3 aromatic rings. The van der Waals surface area contributed by atoms with Crippen molar-refractivity contribution >= 4 is 33.4 Å². The van der Waals surface area contributed by atoms with Crippen LogP contribution in [0.4, 0.5) is 5.69 Å². The van der Waals surface area contributed by atoms with Gasteiger partial charge in [0.1, 0.15) is 16.6 Å². The molecule has 21 heavy (non-hydrogen) atoms. The number of fused-ring (bicyclic) bond motifs is 1. The lowest BCUT2D eigenvalue weighted by atomic mass is 10.1. The molecular weight excluding hydrogens is 278 g/mol. The molecule has 0 fully saturated rings. The molecule has 2 aromatic carbocycles. The fourth-order valence-corrected chi connectivity index (χ4v) is 2.82. The lowest BCUT2D eigenvalue weighted by Crippen LogP contribution is -1.91. The molecule has 3 nitrogen and oxygen atoms in total. The first-order valence-electron chi connectivity index (χ1n) is 6.54. The third-order valence-corrected chi connectivity index (χ3v) is 4.10. The third kappa shape index (κ3) is 2.93.